The smallest absolute Gasteiger partial charge is 0.121 e. The van der Waals surface area contributed by atoms with Crippen molar-refractivity contribution >= 4 is 5.69 Å². The number of hydrogen-bond acceptors (Lipinski definition) is 3. The molecule has 0 fully saturated rings. The lowest BCUT2D eigenvalue weighted by atomic mass is 9.97. The van der Waals surface area contributed by atoms with Crippen molar-refractivity contribution in [1.29, 1.82) is 0 Å². The minimum Gasteiger partial charge on any atom is -0.491 e. The van der Waals surface area contributed by atoms with E-state index in [2.05, 4.69) is 26.1 Å². The second kappa shape index (κ2) is 5.75. The van der Waals surface area contributed by atoms with E-state index < -0.39 is 0 Å². The quantitative estimate of drug-likeness (QED) is 0.806. The normalized spacial score (nSPS) is 11.2. The molecule has 0 spiro atoms. The Morgan fingerprint density at radius 3 is 2.69 bits per heavy atom. The molecule has 16 heavy (non-hydrogen) atoms. The number of anilines is 1. The first-order valence-corrected chi connectivity index (χ1v) is 5.59. The Balaban J connectivity index is 2.53. The molecule has 0 aliphatic heterocycles. The third-order valence-electron chi connectivity index (χ3n) is 2.02. The van der Waals surface area contributed by atoms with Crippen molar-refractivity contribution in [2.24, 2.45) is 5.41 Å². The molecule has 0 atom stereocenters. The molecule has 0 amide bonds. The van der Waals surface area contributed by atoms with Gasteiger partial charge in [-0.15, -0.1) is 0 Å². The monoisotopic (exact) mass is 223 g/mol. The lowest BCUT2D eigenvalue weighted by Gasteiger charge is -2.19. The van der Waals surface area contributed by atoms with Gasteiger partial charge in [0.25, 0.3) is 0 Å². The van der Waals surface area contributed by atoms with Crippen LogP contribution in [0.25, 0.3) is 0 Å². The summed E-state index contributed by atoms with van der Waals surface area (Å²) in [4.78, 5) is 0. The van der Waals surface area contributed by atoms with Crippen LogP contribution in [0.2, 0.25) is 0 Å². The minimum atomic E-state index is 0.0413. The largest absolute Gasteiger partial charge is 0.491 e. The molecule has 1 aromatic carbocycles. The van der Waals surface area contributed by atoms with Crippen LogP contribution in [0.1, 0.15) is 20.8 Å². The highest BCUT2D eigenvalue weighted by Gasteiger charge is 2.09. The number of aliphatic hydroxyl groups excluding tert-OH is 1. The Kier molecular flexibility index (Phi) is 4.62. The molecule has 0 unspecified atom stereocenters. The predicted octanol–water partition coefficient (Wildman–Crippen LogP) is 2.52. The molecule has 0 saturated heterocycles. The second-order valence-electron chi connectivity index (χ2n) is 5.01. The molecule has 0 saturated carbocycles. The second-order valence-corrected chi connectivity index (χ2v) is 5.01. The number of aliphatic hydroxyl groups is 1. The first kappa shape index (κ1) is 12.8. The number of rotatable bonds is 5. The Morgan fingerprint density at radius 1 is 1.31 bits per heavy atom. The molecular weight excluding hydrogens is 202 g/mol. The van der Waals surface area contributed by atoms with Gasteiger partial charge in [0.05, 0.1) is 6.61 Å². The highest BCUT2D eigenvalue weighted by molar-refractivity contribution is 5.48. The van der Waals surface area contributed by atoms with Crippen molar-refractivity contribution in [3.05, 3.63) is 24.3 Å². The van der Waals surface area contributed by atoms with Crippen molar-refractivity contribution in [1.82, 2.24) is 0 Å². The molecule has 0 aromatic heterocycles. The standard InChI is InChI=1S/C13H21NO2/c1-13(2,3)10-14-11-5-4-6-12(9-11)16-8-7-15/h4-6,9,14-15H,7-8,10H2,1-3H3. The van der Waals surface area contributed by atoms with Crippen LogP contribution in [0.4, 0.5) is 5.69 Å². The van der Waals surface area contributed by atoms with E-state index in [0.717, 1.165) is 18.0 Å². The third kappa shape index (κ3) is 5.03. The van der Waals surface area contributed by atoms with Gasteiger partial charge in [-0.2, -0.15) is 0 Å². The van der Waals surface area contributed by atoms with E-state index in [4.69, 9.17) is 9.84 Å². The highest BCUT2D eigenvalue weighted by atomic mass is 16.5. The maximum absolute atomic E-state index is 8.67. The Bertz CT molecular complexity index is 318. The summed E-state index contributed by atoms with van der Waals surface area (Å²) in [7, 11) is 0. The van der Waals surface area contributed by atoms with Gasteiger partial charge in [0, 0.05) is 18.3 Å². The lowest BCUT2D eigenvalue weighted by Crippen LogP contribution is -2.18. The van der Waals surface area contributed by atoms with Crippen LogP contribution in [0.3, 0.4) is 0 Å². The number of hydrogen-bond donors (Lipinski definition) is 2. The van der Waals surface area contributed by atoms with Crippen molar-refractivity contribution in [2.75, 3.05) is 25.1 Å². The van der Waals surface area contributed by atoms with Crippen LogP contribution in [0.15, 0.2) is 24.3 Å². The fourth-order valence-corrected chi connectivity index (χ4v) is 1.23. The summed E-state index contributed by atoms with van der Waals surface area (Å²) in [6, 6.07) is 7.79. The summed E-state index contributed by atoms with van der Waals surface area (Å²) in [5.41, 5.74) is 1.30. The van der Waals surface area contributed by atoms with Gasteiger partial charge in [-0.05, 0) is 17.5 Å². The summed E-state index contributed by atoms with van der Waals surface area (Å²) in [5, 5.41) is 12.0. The fraction of sp³-hybridized carbons (Fsp3) is 0.538. The number of nitrogens with one attached hydrogen (secondary N) is 1. The highest BCUT2D eigenvalue weighted by Crippen LogP contribution is 2.19. The molecule has 1 aromatic rings. The van der Waals surface area contributed by atoms with E-state index >= 15 is 0 Å². The average Bonchev–Trinajstić information content (AvgIpc) is 2.23. The summed E-state index contributed by atoms with van der Waals surface area (Å²) in [6.45, 7) is 7.85. The van der Waals surface area contributed by atoms with E-state index in [1.807, 2.05) is 24.3 Å². The summed E-state index contributed by atoms with van der Waals surface area (Å²) >= 11 is 0. The van der Waals surface area contributed by atoms with Crippen LogP contribution in [0, 0.1) is 5.41 Å². The zero-order chi connectivity index (χ0) is 12.0. The van der Waals surface area contributed by atoms with Crippen LogP contribution in [0.5, 0.6) is 5.75 Å². The topological polar surface area (TPSA) is 41.5 Å². The molecule has 0 heterocycles. The molecule has 0 bridgehead atoms. The first-order valence-electron chi connectivity index (χ1n) is 5.59. The first-order chi connectivity index (χ1) is 7.51. The van der Waals surface area contributed by atoms with Crippen molar-refractivity contribution in [3.8, 4) is 5.75 Å². The molecule has 3 heteroatoms. The predicted molar refractivity (Wildman–Crippen MR) is 67.0 cm³/mol. The molecule has 90 valence electrons. The number of ether oxygens (including phenoxy) is 1. The maximum Gasteiger partial charge on any atom is 0.121 e. The van der Waals surface area contributed by atoms with Gasteiger partial charge in [-0.25, -0.2) is 0 Å². The Morgan fingerprint density at radius 2 is 2.06 bits per heavy atom. The molecule has 1 rings (SSSR count). The van der Waals surface area contributed by atoms with E-state index in [1.165, 1.54) is 0 Å². The van der Waals surface area contributed by atoms with Crippen molar-refractivity contribution in [2.45, 2.75) is 20.8 Å². The zero-order valence-corrected chi connectivity index (χ0v) is 10.3. The molecule has 0 aliphatic rings. The van der Waals surface area contributed by atoms with E-state index in [0.29, 0.717) is 6.61 Å². The van der Waals surface area contributed by atoms with Gasteiger partial charge < -0.3 is 15.2 Å². The average molecular weight is 223 g/mol. The molecular formula is C13H21NO2. The summed E-state index contributed by atoms with van der Waals surface area (Å²) < 4.78 is 5.34. The molecule has 0 aliphatic carbocycles. The van der Waals surface area contributed by atoms with Crippen molar-refractivity contribution in [3.63, 3.8) is 0 Å². The summed E-state index contributed by atoms with van der Waals surface area (Å²) in [6.07, 6.45) is 0. The van der Waals surface area contributed by atoms with Crippen LogP contribution in [-0.4, -0.2) is 24.9 Å². The van der Waals surface area contributed by atoms with E-state index in [9.17, 15) is 0 Å². The van der Waals surface area contributed by atoms with Gasteiger partial charge in [-0.1, -0.05) is 26.8 Å². The van der Waals surface area contributed by atoms with Gasteiger partial charge in [0.15, 0.2) is 0 Å². The van der Waals surface area contributed by atoms with Crippen LogP contribution >= 0.6 is 0 Å². The van der Waals surface area contributed by atoms with E-state index in [-0.39, 0.29) is 12.0 Å². The zero-order valence-electron chi connectivity index (χ0n) is 10.3. The molecule has 3 nitrogen and oxygen atoms in total. The maximum atomic E-state index is 8.67. The van der Waals surface area contributed by atoms with E-state index in [1.54, 1.807) is 0 Å². The Hall–Kier alpha value is -1.22. The molecule has 2 N–H and O–H groups in total. The molecule has 0 radical (unpaired) electrons. The minimum absolute atomic E-state index is 0.0413. The number of benzene rings is 1. The summed E-state index contributed by atoms with van der Waals surface area (Å²) in [5.74, 6) is 0.785. The van der Waals surface area contributed by atoms with Gasteiger partial charge in [0.1, 0.15) is 12.4 Å². The SMILES string of the molecule is CC(C)(C)CNc1cccc(OCCO)c1. The van der Waals surface area contributed by atoms with Crippen LogP contribution < -0.4 is 10.1 Å². The van der Waals surface area contributed by atoms with Gasteiger partial charge >= 0.3 is 0 Å². The third-order valence-corrected chi connectivity index (χ3v) is 2.02. The Labute approximate surface area is 97.4 Å². The van der Waals surface area contributed by atoms with Gasteiger partial charge in [0.2, 0.25) is 0 Å². The fourth-order valence-electron chi connectivity index (χ4n) is 1.23. The lowest BCUT2D eigenvalue weighted by molar-refractivity contribution is 0.201. The van der Waals surface area contributed by atoms with Crippen molar-refractivity contribution < 1.29 is 9.84 Å². The van der Waals surface area contributed by atoms with Gasteiger partial charge in [-0.3, -0.25) is 0 Å². The van der Waals surface area contributed by atoms with Crippen LogP contribution in [-0.2, 0) is 0 Å².